The Hall–Kier alpha value is -1.000. The molecule has 0 radical (unpaired) electrons. The lowest BCUT2D eigenvalue weighted by molar-refractivity contribution is 0.245. The molecule has 168 valence electrons. The maximum atomic E-state index is 14.2. The molecule has 1 rings (SSSR count). The molecule has 2 atom stereocenters. The third kappa shape index (κ3) is 10.0. The SMILES string of the molecule is CCNC(=NCC(CCO)CC(C)C)NCC(c1c(F)cccc1F)N(C)C.I. The van der Waals surface area contributed by atoms with Crippen LogP contribution in [0.15, 0.2) is 23.2 Å². The summed E-state index contributed by atoms with van der Waals surface area (Å²) in [4.78, 5) is 6.42. The number of nitrogens with one attached hydrogen (secondary N) is 2. The molecular weight excluding hydrogens is 489 g/mol. The summed E-state index contributed by atoms with van der Waals surface area (Å²) in [7, 11) is 3.59. The highest BCUT2D eigenvalue weighted by atomic mass is 127. The van der Waals surface area contributed by atoms with Crippen molar-refractivity contribution in [2.45, 2.75) is 39.7 Å². The molecule has 0 aromatic heterocycles. The minimum Gasteiger partial charge on any atom is -0.396 e. The van der Waals surface area contributed by atoms with Gasteiger partial charge in [0.05, 0.1) is 6.04 Å². The number of aliphatic imine (C=N–C) groups is 1. The van der Waals surface area contributed by atoms with E-state index in [0.29, 0.717) is 43.9 Å². The molecule has 0 aliphatic heterocycles. The first kappa shape index (κ1) is 28.0. The smallest absolute Gasteiger partial charge is 0.191 e. The van der Waals surface area contributed by atoms with Crippen LogP contribution in [0.3, 0.4) is 0 Å². The van der Waals surface area contributed by atoms with Crippen molar-refractivity contribution in [3.63, 3.8) is 0 Å². The molecule has 0 spiro atoms. The summed E-state index contributed by atoms with van der Waals surface area (Å²) in [5, 5.41) is 15.7. The van der Waals surface area contributed by atoms with Gasteiger partial charge in [0.25, 0.3) is 0 Å². The first-order valence-corrected chi connectivity index (χ1v) is 10.0. The van der Waals surface area contributed by atoms with Gasteiger partial charge in [-0.2, -0.15) is 0 Å². The van der Waals surface area contributed by atoms with Crippen molar-refractivity contribution in [1.29, 1.82) is 0 Å². The summed E-state index contributed by atoms with van der Waals surface area (Å²) in [6, 6.07) is 3.45. The zero-order valence-corrected chi connectivity index (χ0v) is 20.5. The van der Waals surface area contributed by atoms with E-state index in [1.165, 1.54) is 18.2 Å². The minimum absolute atomic E-state index is 0. The van der Waals surface area contributed by atoms with Gasteiger partial charge in [0, 0.05) is 31.8 Å². The normalized spacial score (nSPS) is 13.9. The van der Waals surface area contributed by atoms with Crippen molar-refractivity contribution in [2.24, 2.45) is 16.8 Å². The van der Waals surface area contributed by atoms with Crippen LogP contribution in [0.25, 0.3) is 0 Å². The maximum Gasteiger partial charge on any atom is 0.191 e. The van der Waals surface area contributed by atoms with Crippen LogP contribution in [0.5, 0.6) is 0 Å². The van der Waals surface area contributed by atoms with E-state index < -0.39 is 17.7 Å². The summed E-state index contributed by atoms with van der Waals surface area (Å²) in [5.41, 5.74) is 0.0498. The van der Waals surface area contributed by atoms with Crippen LogP contribution in [-0.4, -0.2) is 56.3 Å². The number of nitrogens with zero attached hydrogens (tertiary/aromatic N) is 2. The van der Waals surface area contributed by atoms with Crippen LogP contribution in [0.2, 0.25) is 0 Å². The molecule has 0 amide bonds. The van der Waals surface area contributed by atoms with E-state index in [2.05, 4.69) is 29.5 Å². The van der Waals surface area contributed by atoms with E-state index in [1.807, 2.05) is 6.92 Å². The summed E-state index contributed by atoms with van der Waals surface area (Å²) in [6.45, 7) is 8.01. The van der Waals surface area contributed by atoms with E-state index in [4.69, 9.17) is 0 Å². The molecule has 0 saturated heterocycles. The first-order chi connectivity index (χ1) is 13.3. The van der Waals surface area contributed by atoms with Crippen molar-refractivity contribution >= 4 is 29.9 Å². The second kappa shape index (κ2) is 14.9. The monoisotopic (exact) mass is 526 g/mol. The molecule has 1 aromatic carbocycles. The van der Waals surface area contributed by atoms with Crippen LogP contribution in [0.4, 0.5) is 8.78 Å². The van der Waals surface area contributed by atoms with Crippen molar-refractivity contribution in [3.8, 4) is 0 Å². The number of benzene rings is 1. The van der Waals surface area contributed by atoms with Crippen molar-refractivity contribution in [1.82, 2.24) is 15.5 Å². The van der Waals surface area contributed by atoms with Crippen LogP contribution >= 0.6 is 24.0 Å². The lowest BCUT2D eigenvalue weighted by atomic mass is 9.94. The van der Waals surface area contributed by atoms with Crippen LogP contribution < -0.4 is 10.6 Å². The average Bonchev–Trinajstić information content (AvgIpc) is 2.61. The number of hydrogen-bond acceptors (Lipinski definition) is 3. The fraction of sp³-hybridized carbons (Fsp3) is 0.667. The molecule has 1 aromatic rings. The molecule has 0 aliphatic carbocycles. The van der Waals surface area contributed by atoms with E-state index in [1.54, 1.807) is 19.0 Å². The molecular formula is C21H37F2IN4O. The van der Waals surface area contributed by atoms with Gasteiger partial charge in [-0.05, 0) is 57.8 Å². The van der Waals surface area contributed by atoms with Gasteiger partial charge in [-0.15, -0.1) is 24.0 Å². The van der Waals surface area contributed by atoms with E-state index in [0.717, 1.165) is 6.42 Å². The largest absolute Gasteiger partial charge is 0.396 e. The number of aliphatic hydroxyl groups is 1. The summed E-state index contributed by atoms with van der Waals surface area (Å²) >= 11 is 0. The lowest BCUT2D eigenvalue weighted by Crippen LogP contribution is -2.42. The highest BCUT2D eigenvalue weighted by molar-refractivity contribution is 14.0. The van der Waals surface area contributed by atoms with Gasteiger partial charge in [-0.25, -0.2) is 8.78 Å². The van der Waals surface area contributed by atoms with Gasteiger partial charge in [-0.3, -0.25) is 4.99 Å². The summed E-state index contributed by atoms with van der Waals surface area (Å²) in [6.07, 6.45) is 1.70. The zero-order chi connectivity index (χ0) is 21.1. The molecule has 0 saturated carbocycles. The maximum absolute atomic E-state index is 14.2. The third-order valence-electron chi connectivity index (χ3n) is 4.61. The van der Waals surface area contributed by atoms with Crippen molar-refractivity contribution in [3.05, 3.63) is 35.4 Å². The number of likely N-dealkylation sites (N-methyl/N-ethyl adjacent to an activating group) is 1. The fourth-order valence-corrected chi connectivity index (χ4v) is 3.26. The molecule has 0 fully saturated rings. The van der Waals surface area contributed by atoms with E-state index in [9.17, 15) is 13.9 Å². The molecule has 2 unspecified atom stereocenters. The van der Waals surface area contributed by atoms with Gasteiger partial charge in [0.2, 0.25) is 0 Å². The number of aliphatic hydroxyl groups excluding tert-OH is 1. The Morgan fingerprint density at radius 3 is 2.28 bits per heavy atom. The van der Waals surface area contributed by atoms with Crippen LogP contribution in [-0.2, 0) is 0 Å². The van der Waals surface area contributed by atoms with Gasteiger partial charge in [-0.1, -0.05) is 19.9 Å². The Morgan fingerprint density at radius 2 is 1.79 bits per heavy atom. The van der Waals surface area contributed by atoms with Crippen LogP contribution in [0.1, 0.15) is 45.2 Å². The molecule has 8 heteroatoms. The Balaban J connectivity index is 0.00000784. The predicted molar refractivity (Wildman–Crippen MR) is 127 cm³/mol. The Labute approximate surface area is 191 Å². The molecule has 0 heterocycles. The molecule has 5 nitrogen and oxygen atoms in total. The van der Waals surface area contributed by atoms with E-state index >= 15 is 0 Å². The summed E-state index contributed by atoms with van der Waals surface area (Å²) in [5.74, 6) is 0.334. The van der Waals surface area contributed by atoms with Gasteiger partial charge in [0.15, 0.2) is 5.96 Å². The van der Waals surface area contributed by atoms with Gasteiger partial charge >= 0.3 is 0 Å². The van der Waals surface area contributed by atoms with Gasteiger partial charge < -0.3 is 20.6 Å². The molecule has 29 heavy (non-hydrogen) atoms. The average molecular weight is 526 g/mol. The molecule has 0 aliphatic rings. The molecule has 0 bridgehead atoms. The second-order valence-electron chi connectivity index (χ2n) is 7.72. The quantitative estimate of drug-likeness (QED) is 0.234. The Morgan fingerprint density at radius 1 is 1.17 bits per heavy atom. The van der Waals surface area contributed by atoms with Crippen molar-refractivity contribution < 1.29 is 13.9 Å². The van der Waals surface area contributed by atoms with Gasteiger partial charge in [0.1, 0.15) is 11.6 Å². The minimum atomic E-state index is -0.553. The lowest BCUT2D eigenvalue weighted by Gasteiger charge is -2.27. The molecule has 3 N–H and O–H groups in total. The van der Waals surface area contributed by atoms with Crippen molar-refractivity contribution in [2.75, 3.05) is 40.3 Å². The Kier molecular flexibility index (Phi) is 14.4. The summed E-state index contributed by atoms with van der Waals surface area (Å²) < 4.78 is 28.5. The first-order valence-electron chi connectivity index (χ1n) is 10.0. The van der Waals surface area contributed by atoms with Crippen LogP contribution in [0, 0.1) is 23.5 Å². The standard InChI is InChI=1S/C21H36F2N4O.HI/c1-6-24-21(25-13-16(10-11-28)12-15(2)3)26-14-19(27(4)5)20-17(22)8-7-9-18(20)23;/h7-9,15-16,19,28H,6,10-14H2,1-5H3,(H2,24,25,26);1H. The van der Waals surface area contributed by atoms with E-state index in [-0.39, 0.29) is 36.1 Å². The fourth-order valence-electron chi connectivity index (χ4n) is 3.26. The highest BCUT2D eigenvalue weighted by Gasteiger charge is 2.22. The topological polar surface area (TPSA) is 59.9 Å². The highest BCUT2D eigenvalue weighted by Crippen LogP contribution is 2.24. The Bertz CT molecular complexity index is 594. The number of hydrogen-bond donors (Lipinski definition) is 3. The number of rotatable bonds is 11. The second-order valence-corrected chi connectivity index (χ2v) is 7.72. The predicted octanol–water partition coefficient (Wildman–Crippen LogP) is 3.79. The number of guanidine groups is 1. The number of halogens is 3. The zero-order valence-electron chi connectivity index (χ0n) is 18.2. The third-order valence-corrected chi connectivity index (χ3v) is 4.61.